The standard InChI is InChI=1S/C14H19N3O5/c1-21-14(20)10-4-6-17(7-5-10)9-12(18)15-16-13(19)11-3-2-8-22-11/h2-3,8,10H,4-7,9H2,1H3,(H,15,18)(H,16,19). The number of hydrazine groups is 1. The molecule has 120 valence electrons. The Labute approximate surface area is 127 Å². The van der Waals surface area contributed by atoms with E-state index in [1.807, 2.05) is 4.90 Å². The van der Waals surface area contributed by atoms with Gasteiger partial charge in [0.2, 0.25) is 0 Å². The second-order valence-corrected chi connectivity index (χ2v) is 5.05. The molecule has 1 aromatic rings. The van der Waals surface area contributed by atoms with Gasteiger partial charge in [-0.05, 0) is 38.1 Å². The first-order valence-corrected chi connectivity index (χ1v) is 7.03. The van der Waals surface area contributed by atoms with E-state index in [0.717, 1.165) is 0 Å². The van der Waals surface area contributed by atoms with Crippen molar-refractivity contribution in [3.8, 4) is 0 Å². The molecule has 2 heterocycles. The molecule has 8 heteroatoms. The molecule has 0 atom stereocenters. The van der Waals surface area contributed by atoms with Crippen LogP contribution in [-0.2, 0) is 14.3 Å². The molecule has 0 aliphatic carbocycles. The van der Waals surface area contributed by atoms with Gasteiger partial charge in [-0.2, -0.15) is 0 Å². The van der Waals surface area contributed by atoms with E-state index in [2.05, 4.69) is 10.9 Å². The van der Waals surface area contributed by atoms with Gasteiger partial charge in [-0.15, -0.1) is 0 Å². The summed E-state index contributed by atoms with van der Waals surface area (Å²) in [7, 11) is 1.38. The zero-order valence-corrected chi connectivity index (χ0v) is 12.3. The van der Waals surface area contributed by atoms with Gasteiger partial charge < -0.3 is 9.15 Å². The minimum atomic E-state index is -0.511. The van der Waals surface area contributed by atoms with Crippen LogP contribution in [0.3, 0.4) is 0 Å². The predicted molar refractivity (Wildman–Crippen MR) is 75.5 cm³/mol. The van der Waals surface area contributed by atoms with Crippen LogP contribution in [0.1, 0.15) is 23.4 Å². The maximum Gasteiger partial charge on any atom is 0.308 e. The van der Waals surface area contributed by atoms with Crippen molar-refractivity contribution in [2.45, 2.75) is 12.8 Å². The van der Waals surface area contributed by atoms with Gasteiger partial charge >= 0.3 is 11.9 Å². The molecule has 1 aliphatic rings. The Balaban J connectivity index is 1.68. The summed E-state index contributed by atoms with van der Waals surface area (Å²) in [5, 5.41) is 0. The monoisotopic (exact) mass is 309 g/mol. The van der Waals surface area contributed by atoms with Crippen LogP contribution in [0.15, 0.2) is 22.8 Å². The van der Waals surface area contributed by atoms with Crippen molar-refractivity contribution in [1.82, 2.24) is 15.8 Å². The number of nitrogens with zero attached hydrogens (tertiary/aromatic N) is 1. The lowest BCUT2D eigenvalue weighted by Crippen LogP contribution is -2.48. The number of esters is 1. The van der Waals surface area contributed by atoms with Gasteiger partial charge in [-0.1, -0.05) is 0 Å². The third-order valence-corrected chi connectivity index (χ3v) is 3.55. The highest BCUT2D eigenvalue weighted by atomic mass is 16.5. The SMILES string of the molecule is COC(=O)C1CCN(CC(=O)NNC(=O)c2ccco2)CC1. The molecule has 1 aromatic heterocycles. The Kier molecular flexibility index (Phi) is 5.54. The van der Waals surface area contributed by atoms with Crippen molar-refractivity contribution < 1.29 is 23.5 Å². The van der Waals surface area contributed by atoms with Crippen LogP contribution in [0.5, 0.6) is 0 Å². The second kappa shape index (κ2) is 7.60. The summed E-state index contributed by atoms with van der Waals surface area (Å²) < 4.78 is 9.62. The molecule has 0 saturated carbocycles. The van der Waals surface area contributed by atoms with E-state index in [1.165, 1.54) is 19.4 Å². The number of furan rings is 1. The molecule has 2 amide bonds. The van der Waals surface area contributed by atoms with E-state index in [9.17, 15) is 14.4 Å². The molecule has 2 rings (SSSR count). The fraction of sp³-hybridized carbons (Fsp3) is 0.500. The molecule has 0 spiro atoms. The highest BCUT2D eigenvalue weighted by Crippen LogP contribution is 2.17. The molecule has 2 N–H and O–H groups in total. The highest BCUT2D eigenvalue weighted by Gasteiger charge is 2.26. The normalized spacial score (nSPS) is 16.0. The molecular weight excluding hydrogens is 290 g/mol. The fourth-order valence-corrected chi connectivity index (χ4v) is 2.33. The largest absolute Gasteiger partial charge is 0.469 e. The fourth-order valence-electron chi connectivity index (χ4n) is 2.33. The molecular formula is C14H19N3O5. The lowest BCUT2D eigenvalue weighted by molar-refractivity contribution is -0.147. The molecule has 0 radical (unpaired) electrons. The van der Waals surface area contributed by atoms with Gasteiger partial charge in [-0.3, -0.25) is 30.1 Å². The molecule has 1 saturated heterocycles. The number of carbonyl (C=O) groups excluding carboxylic acids is 3. The van der Waals surface area contributed by atoms with Gasteiger partial charge in [-0.25, -0.2) is 0 Å². The van der Waals surface area contributed by atoms with Crippen LogP contribution in [-0.4, -0.2) is 49.4 Å². The third-order valence-electron chi connectivity index (χ3n) is 3.55. The summed E-state index contributed by atoms with van der Waals surface area (Å²) in [5.41, 5.74) is 4.61. The lowest BCUT2D eigenvalue weighted by atomic mass is 9.97. The maximum absolute atomic E-state index is 11.8. The minimum Gasteiger partial charge on any atom is -0.469 e. The molecule has 1 fully saturated rings. The average Bonchev–Trinajstić information content (AvgIpc) is 3.07. The third kappa shape index (κ3) is 4.32. The van der Waals surface area contributed by atoms with Crippen LogP contribution in [0.4, 0.5) is 0 Å². The number of likely N-dealkylation sites (tertiary alicyclic amines) is 1. The zero-order valence-electron chi connectivity index (χ0n) is 12.3. The molecule has 0 aromatic carbocycles. The first-order chi connectivity index (χ1) is 10.6. The van der Waals surface area contributed by atoms with Gasteiger partial charge in [0.1, 0.15) is 0 Å². The lowest BCUT2D eigenvalue weighted by Gasteiger charge is -2.29. The van der Waals surface area contributed by atoms with Crippen molar-refractivity contribution in [3.63, 3.8) is 0 Å². The summed E-state index contributed by atoms with van der Waals surface area (Å²) in [6.07, 6.45) is 2.71. The van der Waals surface area contributed by atoms with Crippen molar-refractivity contribution in [2.75, 3.05) is 26.7 Å². The highest BCUT2D eigenvalue weighted by molar-refractivity contribution is 5.93. The average molecular weight is 309 g/mol. The van der Waals surface area contributed by atoms with E-state index in [-0.39, 0.29) is 30.1 Å². The van der Waals surface area contributed by atoms with Crippen molar-refractivity contribution in [2.24, 2.45) is 5.92 Å². The molecule has 0 unspecified atom stereocenters. The van der Waals surface area contributed by atoms with Gasteiger partial charge in [0.05, 0.1) is 25.8 Å². The second-order valence-electron chi connectivity index (χ2n) is 5.05. The maximum atomic E-state index is 11.8. The Morgan fingerprint density at radius 2 is 2.05 bits per heavy atom. The van der Waals surface area contributed by atoms with Crippen LogP contribution in [0.2, 0.25) is 0 Å². The molecule has 1 aliphatic heterocycles. The zero-order chi connectivity index (χ0) is 15.9. The van der Waals surface area contributed by atoms with Crippen LogP contribution >= 0.6 is 0 Å². The summed E-state index contributed by atoms with van der Waals surface area (Å²) in [6.45, 7) is 1.44. The first kappa shape index (κ1) is 16.0. The van der Waals surface area contributed by atoms with E-state index in [0.29, 0.717) is 25.9 Å². The Hall–Kier alpha value is -2.35. The van der Waals surface area contributed by atoms with Gasteiger partial charge in [0, 0.05) is 0 Å². The summed E-state index contributed by atoms with van der Waals surface area (Å²) in [5.74, 6) is -1.00. The first-order valence-electron chi connectivity index (χ1n) is 7.03. The number of piperidine rings is 1. The summed E-state index contributed by atoms with van der Waals surface area (Å²) >= 11 is 0. The topological polar surface area (TPSA) is 101 Å². The number of hydrogen-bond donors (Lipinski definition) is 2. The van der Waals surface area contributed by atoms with Crippen LogP contribution in [0, 0.1) is 5.92 Å². The van der Waals surface area contributed by atoms with Crippen molar-refractivity contribution in [1.29, 1.82) is 0 Å². The summed E-state index contributed by atoms with van der Waals surface area (Å²) in [4.78, 5) is 36.7. The number of rotatable bonds is 4. The smallest absolute Gasteiger partial charge is 0.308 e. The predicted octanol–water partition coefficient (Wildman–Crippen LogP) is -0.0744. The van der Waals surface area contributed by atoms with Gasteiger partial charge in [0.25, 0.3) is 5.91 Å². The van der Waals surface area contributed by atoms with Crippen LogP contribution in [0.25, 0.3) is 0 Å². The van der Waals surface area contributed by atoms with Gasteiger partial charge in [0.15, 0.2) is 5.76 Å². The van der Waals surface area contributed by atoms with Crippen molar-refractivity contribution in [3.05, 3.63) is 24.2 Å². The van der Waals surface area contributed by atoms with E-state index in [1.54, 1.807) is 6.07 Å². The molecule has 22 heavy (non-hydrogen) atoms. The quantitative estimate of drug-likeness (QED) is 0.596. The van der Waals surface area contributed by atoms with Crippen molar-refractivity contribution >= 4 is 17.8 Å². The minimum absolute atomic E-state index is 0.0945. The Morgan fingerprint density at radius 1 is 1.32 bits per heavy atom. The Morgan fingerprint density at radius 3 is 2.64 bits per heavy atom. The molecule has 8 nitrogen and oxygen atoms in total. The molecule has 0 bridgehead atoms. The number of ether oxygens (including phenoxy) is 1. The summed E-state index contributed by atoms with van der Waals surface area (Å²) in [6, 6.07) is 3.08. The number of amides is 2. The number of carbonyl (C=O) groups is 3. The van der Waals surface area contributed by atoms with E-state index >= 15 is 0 Å². The van der Waals surface area contributed by atoms with E-state index < -0.39 is 5.91 Å². The Bertz CT molecular complexity index is 521. The van der Waals surface area contributed by atoms with Crippen LogP contribution < -0.4 is 10.9 Å². The number of nitrogens with one attached hydrogen (secondary N) is 2. The number of hydrogen-bond acceptors (Lipinski definition) is 6. The van der Waals surface area contributed by atoms with E-state index in [4.69, 9.17) is 9.15 Å². The number of methoxy groups -OCH3 is 1.